The predicted octanol–water partition coefficient (Wildman–Crippen LogP) is 2.72. The van der Waals surface area contributed by atoms with E-state index in [2.05, 4.69) is 33.9 Å². The van der Waals surface area contributed by atoms with Gasteiger partial charge in [0, 0.05) is 12.0 Å². The van der Waals surface area contributed by atoms with Crippen LogP contribution in [-0.2, 0) is 9.53 Å². The van der Waals surface area contributed by atoms with Crippen LogP contribution in [0.15, 0.2) is 5.16 Å². The van der Waals surface area contributed by atoms with Gasteiger partial charge in [0.2, 0.25) is 5.91 Å². The topological polar surface area (TPSA) is 129 Å². The molecule has 9 nitrogen and oxygen atoms in total. The molecule has 1 fully saturated rings. The van der Waals surface area contributed by atoms with E-state index in [0.717, 1.165) is 30.0 Å². The third-order valence-electron chi connectivity index (χ3n) is 4.50. The number of thioether (sulfide) groups is 1. The van der Waals surface area contributed by atoms with Gasteiger partial charge in [0.05, 0.1) is 23.3 Å². The first-order valence-electron chi connectivity index (χ1n) is 9.13. The standard InChI is InChI=1S/C18H23N5O4S2/c1-8(2)23-15(10-5-6-10)21-22-18(23)28-7-11(24)20-16-12(17(26)27-4)9(3)13(29-16)14(19)25/h8,10H,5-7H2,1-4H3,(H2,19,25)(H,20,24). The molecule has 0 bridgehead atoms. The van der Waals surface area contributed by atoms with E-state index < -0.39 is 11.9 Å². The van der Waals surface area contributed by atoms with Crippen molar-refractivity contribution in [2.45, 2.75) is 50.7 Å². The third kappa shape index (κ3) is 4.45. The molecule has 0 atom stereocenters. The van der Waals surface area contributed by atoms with Gasteiger partial charge in [-0.15, -0.1) is 21.5 Å². The zero-order valence-electron chi connectivity index (χ0n) is 16.6. The normalized spacial score (nSPS) is 13.6. The Morgan fingerprint density at radius 2 is 2.03 bits per heavy atom. The fourth-order valence-corrected chi connectivity index (χ4v) is 4.91. The van der Waals surface area contributed by atoms with Crippen LogP contribution in [0.5, 0.6) is 0 Å². The molecule has 156 valence electrons. The Morgan fingerprint density at radius 1 is 1.34 bits per heavy atom. The van der Waals surface area contributed by atoms with Crippen LogP contribution in [0.2, 0.25) is 0 Å². The van der Waals surface area contributed by atoms with Gasteiger partial charge in [-0.2, -0.15) is 0 Å². The van der Waals surface area contributed by atoms with Crippen LogP contribution in [0.25, 0.3) is 0 Å². The molecule has 2 aromatic heterocycles. The lowest BCUT2D eigenvalue weighted by atomic mass is 10.1. The quantitative estimate of drug-likeness (QED) is 0.480. The second-order valence-corrected chi connectivity index (χ2v) is 8.99. The summed E-state index contributed by atoms with van der Waals surface area (Å²) in [6.45, 7) is 5.71. The van der Waals surface area contributed by atoms with Gasteiger partial charge >= 0.3 is 5.97 Å². The fraction of sp³-hybridized carbons (Fsp3) is 0.500. The fourth-order valence-electron chi connectivity index (χ4n) is 2.97. The highest BCUT2D eigenvalue weighted by Crippen LogP contribution is 2.41. The minimum atomic E-state index is -0.662. The Bertz CT molecular complexity index is 962. The maximum Gasteiger partial charge on any atom is 0.341 e. The van der Waals surface area contributed by atoms with Gasteiger partial charge in [-0.3, -0.25) is 9.59 Å². The lowest BCUT2D eigenvalue weighted by Crippen LogP contribution is -2.17. The van der Waals surface area contributed by atoms with Crippen molar-refractivity contribution in [3.8, 4) is 0 Å². The summed E-state index contributed by atoms with van der Waals surface area (Å²) in [4.78, 5) is 36.4. The number of nitrogens with zero attached hydrogens (tertiary/aromatic N) is 3. The molecule has 1 aliphatic carbocycles. The number of hydrogen-bond donors (Lipinski definition) is 2. The van der Waals surface area contributed by atoms with Crippen LogP contribution in [-0.4, -0.2) is 45.4 Å². The lowest BCUT2D eigenvalue weighted by molar-refractivity contribution is -0.113. The van der Waals surface area contributed by atoms with Crippen molar-refractivity contribution >= 4 is 45.9 Å². The van der Waals surface area contributed by atoms with E-state index in [9.17, 15) is 14.4 Å². The van der Waals surface area contributed by atoms with Gasteiger partial charge in [0.15, 0.2) is 5.16 Å². The van der Waals surface area contributed by atoms with Crippen molar-refractivity contribution in [1.29, 1.82) is 0 Å². The number of anilines is 1. The van der Waals surface area contributed by atoms with Crippen molar-refractivity contribution in [2.75, 3.05) is 18.2 Å². The van der Waals surface area contributed by atoms with E-state index in [-0.39, 0.29) is 33.1 Å². The van der Waals surface area contributed by atoms with E-state index in [0.29, 0.717) is 16.6 Å². The summed E-state index contributed by atoms with van der Waals surface area (Å²) in [6.07, 6.45) is 2.23. The van der Waals surface area contributed by atoms with Crippen LogP contribution in [0, 0.1) is 6.92 Å². The number of aromatic nitrogens is 3. The number of thiophene rings is 1. The molecular formula is C18H23N5O4S2. The largest absolute Gasteiger partial charge is 0.465 e. The van der Waals surface area contributed by atoms with E-state index in [1.54, 1.807) is 6.92 Å². The molecule has 1 saturated carbocycles. The number of esters is 1. The predicted molar refractivity (Wildman–Crippen MR) is 111 cm³/mol. The Balaban J connectivity index is 1.74. The number of methoxy groups -OCH3 is 1. The number of ether oxygens (including phenoxy) is 1. The number of rotatable bonds is 8. The number of amides is 2. The Morgan fingerprint density at radius 3 is 2.59 bits per heavy atom. The van der Waals surface area contributed by atoms with E-state index >= 15 is 0 Å². The first kappa shape index (κ1) is 21.3. The zero-order chi connectivity index (χ0) is 21.3. The van der Waals surface area contributed by atoms with Crippen LogP contribution in [0.4, 0.5) is 5.00 Å². The smallest absolute Gasteiger partial charge is 0.341 e. The monoisotopic (exact) mass is 437 g/mol. The first-order chi connectivity index (χ1) is 13.7. The van der Waals surface area contributed by atoms with Crippen LogP contribution in [0.3, 0.4) is 0 Å². The summed E-state index contributed by atoms with van der Waals surface area (Å²) in [6, 6.07) is 0.190. The van der Waals surface area contributed by atoms with Crippen LogP contribution in [0.1, 0.15) is 70.1 Å². The van der Waals surface area contributed by atoms with Gasteiger partial charge in [-0.05, 0) is 39.2 Å². The molecule has 29 heavy (non-hydrogen) atoms. The number of carbonyl (C=O) groups is 3. The minimum Gasteiger partial charge on any atom is -0.465 e. The summed E-state index contributed by atoms with van der Waals surface area (Å²) in [5, 5.41) is 12.2. The molecule has 0 unspecified atom stereocenters. The molecule has 1 aliphatic rings. The van der Waals surface area contributed by atoms with Crippen molar-refractivity contribution in [2.24, 2.45) is 5.73 Å². The summed E-state index contributed by atoms with van der Waals surface area (Å²) in [7, 11) is 1.24. The summed E-state index contributed by atoms with van der Waals surface area (Å²) in [5.74, 6) is -0.122. The zero-order valence-corrected chi connectivity index (χ0v) is 18.3. The molecule has 0 spiro atoms. The van der Waals surface area contributed by atoms with Crippen LogP contribution >= 0.6 is 23.1 Å². The molecule has 2 amide bonds. The van der Waals surface area contributed by atoms with Crippen molar-refractivity contribution in [3.05, 3.63) is 21.8 Å². The number of nitrogens with two attached hydrogens (primary N) is 1. The Hall–Kier alpha value is -2.40. The highest BCUT2D eigenvalue weighted by atomic mass is 32.2. The highest BCUT2D eigenvalue weighted by Gasteiger charge is 2.31. The Labute approximate surface area is 176 Å². The highest BCUT2D eigenvalue weighted by molar-refractivity contribution is 7.99. The molecule has 0 radical (unpaired) electrons. The van der Waals surface area contributed by atoms with Gasteiger partial charge < -0.3 is 20.4 Å². The maximum absolute atomic E-state index is 12.5. The van der Waals surface area contributed by atoms with E-state index in [4.69, 9.17) is 10.5 Å². The maximum atomic E-state index is 12.5. The molecule has 0 aromatic carbocycles. The second-order valence-electron chi connectivity index (χ2n) is 7.03. The number of carbonyl (C=O) groups excluding carboxylic acids is 3. The summed E-state index contributed by atoms with van der Waals surface area (Å²) >= 11 is 2.24. The molecule has 11 heteroatoms. The summed E-state index contributed by atoms with van der Waals surface area (Å²) < 4.78 is 6.84. The SMILES string of the molecule is COC(=O)c1c(NC(=O)CSc2nnc(C3CC3)n2C(C)C)sc(C(N)=O)c1C. The molecule has 0 aliphatic heterocycles. The van der Waals surface area contributed by atoms with Gasteiger partial charge in [0.1, 0.15) is 10.8 Å². The average molecular weight is 438 g/mol. The average Bonchev–Trinajstić information content (AvgIpc) is 3.33. The molecule has 3 rings (SSSR count). The number of hydrogen-bond acceptors (Lipinski definition) is 8. The van der Waals surface area contributed by atoms with E-state index in [1.165, 1.54) is 18.9 Å². The molecule has 0 saturated heterocycles. The number of nitrogens with one attached hydrogen (secondary N) is 1. The minimum absolute atomic E-state index is 0.0823. The molecular weight excluding hydrogens is 414 g/mol. The Kier molecular flexibility index (Phi) is 6.27. The second kappa shape index (κ2) is 8.54. The van der Waals surface area contributed by atoms with E-state index in [1.807, 2.05) is 0 Å². The van der Waals surface area contributed by atoms with Crippen molar-refractivity contribution in [3.63, 3.8) is 0 Å². The first-order valence-corrected chi connectivity index (χ1v) is 10.9. The van der Waals surface area contributed by atoms with Crippen molar-refractivity contribution < 1.29 is 19.1 Å². The van der Waals surface area contributed by atoms with Crippen LogP contribution < -0.4 is 11.1 Å². The third-order valence-corrected chi connectivity index (χ3v) is 6.66. The van der Waals surface area contributed by atoms with Gasteiger partial charge in [-0.1, -0.05) is 11.8 Å². The van der Waals surface area contributed by atoms with Crippen molar-refractivity contribution in [1.82, 2.24) is 14.8 Å². The molecule has 2 heterocycles. The molecule has 2 aromatic rings. The van der Waals surface area contributed by atoms with Gasteiger partial charge in [0.25, 0.3) is 5.91 Å². The lowest BCUT2D eigenvalue weighted by Gasteiger charge is -2.13. The molecule has 3 N–H and O–H groups in total. The summed E-state index contributed by atoms with van der Waals surface area (Å²) in [5.41, 5.74) is 5.90. The van der Waals surface area contributed by atoms with Gasteiger partial charge in [-0.25, -0.2) is 4.79 Å². The number of primary amides is 1.